The van der Waals surface area contributed by atoms with Crippen molar-refractivity contribution in [2.45, 2.75) is 30.8 Å². The molecule has 0 aliphatic heterocycles. The number of alkyl halides is 6. The quantitative estimate of drug-likeness (QED) is 0.422. The van der Waals surface area contributed by atoms with Gasteiger partial charge in [0.2, 0.25) is 0 Å². The van der Waals surface area contributed by atoms with Crippen LogP contribution in [0.2, 0.25) is 0 Å². The Balaban J connectivity index is 5.77. The van der Waals surface area contributed by atoms with Crippen LogP contribution in [0, 0.1) is 0 Å². The first kappa shape index (κ1) is 20.4. The second-order valence-electron chi connectivity index (χ2n) is 3.89. The number of ether oxygens (including phenoxy) is 1. The van der Waals surface area contributed by atoms with Crippen molar-refractivity contribution < 1.29 is 58.7 Å². The molecule has 0 saturated heterocycles. The highest BCUT2D eigenvalue weighted by Gasteiger charge is 2.75. The SMILES string of the molecule is O=C(O)CCC(=O)OC(CS(=O)(=O)[O-])(C(F)(F)F)C(F)(F)F. The Labute approximate surface area is 118 Å². The Morgan fingerprint density at radius 1 is 1.00 bits per heavy atom. The molecule has 1 N–H and O–H groups in total. The van der Waals surface area contributed by atoms with Gasteiger partial charge in [0.15, 0.2) is 0 Å². The molecule has 0 bridgehead atoms. The number of carbonyl (C=O) groups is 2. The number of hydrogen-bond acceptors (Lipinski definition) is 6. The van der Waals surface area contributed by atoms with Gasteiger partial charge in [0, 0.05) is 0 Å². The molecule has 0 fully saturated rings. The molecule has 0 heterocycles. The molecule has 0 aromatic heterocycles. The minimum Gasteiger partial charge on any atom is -0.748 e. The third-order valence-electron chi connectivity index (χ3n) is 2.13. The number of carbonyl (C=O) groups excluding carboxylic acids is 1. The number of aliphatic carboxylic acids is 1. The van der Waals surface area contributed by atoms with Crippen molar-refractivity contribution in [1.29, 1.82) is 0 Å². The predicted molar refractivity (Wildman–Crippen MR) is 52.4 cm³/mol. The van der Waals surface area contributed by atoms with E-state index in [9.17, 15) is 48.9 Å². The summed E-state index contributed by atoms with van der Waals surface area (Å²) in [7, 11) is -6.11. The molecule has 0 saturated carbocycles. The summed E-state index contributed by atoms with van der Waals surface area (Å²) >= 11 is 0. The van der Waals surface area contributed by atoms with E-state index in [0.717, 1.165) is 0 Å². The number of halogens is 6. The zero-order valence-corrected chi connectivity index (χ0v) is 11.0. The molecule has 0 amide bonds. The van der Waals surface area contributed by atoms with Crippen LogP contribution in [-0.4, -0.2) is 53.7 Å². The monoisotopic (exact) mass is 361 g/mol. The summed E-state index contributed by atoms with van der Waals surface area (Å²) < 4.78 is 110. The number of rotatable bonds is 6. The van der Waals surface area contributed by atoms with Gasteiger partial charge in [-0.1, -0.05) is 0 Å². The number of esters is 1. The largest absolute Gasteiger partial charge is 0.748 e. The fourth-order valence-electron chi connectivity index (χ4n) is 1.17. The second kappa shape index (κ2) is 6.28. The van der Waals surface area contributed by atoms with E-state index in [1.807, 2.05) is 0 Å². The molecule has 0 aliphatic carbocycles. The lowest BCUT2D eigenvalue weighted by Crippen LogP contribution is -2.63. The zero-order valence-electron chi connectivity index (χ0n) is 10.2. The van der Waals surface area contributed by atoms with E-state index >= 15 is 0 Å². The predicted octanol–water partition coefficient (Wildman–Crippen LogP) is 0.803. The number of hydrogen-bond donors (Lipinski definition) is 1. The van der Waals surface area contributed by atoms with Gasteiger partial charge < -0.3 is 14.4 Å². The molecule has 0 aromatic rings. The summed E-state index contributed by atoms with van der Waals surface area (Å²) in [5.74, 6) is -7.12. The Bertz CT molecular complexity index is 520. The number of carboxylic acid groups (broad SMARTS) is 1. The van der Waals surface area contributed by atoms with E-state index in [2.05, 4.69) is 4.74 Å². The van der Waals surface area contributed by atoms with Crippen LogP contribution in [0.3, 0.4) is 0 Å². The Morgan fingerprint density at radius 2 is 1.41 bits per heavy atom. The van der Waals surface area contributed by atoms with E-state index in [1.54, 1.807) is 0 Å². The van der Waals surface area contributed by atoms with Crippen LogP contribution in [0.1, 0.15) is 12.8 Å². The van der Waals surface area contributed by atoms with E-state index in [-0.39, 0.29) is 0 Å². The van der Waals surface area contributed by atoms with Crippen molar-refractivity contribution in [3.05, 3.63) is 0 Å². The van der Waals surface area contributed by atoms with Crippen molar-refractivity contribution in [2.24, 2.45) is 0 Å². The Kier molecular flexibility index (Phi) is 5.83. The highest BCUT2D eigenvalue weighted by Crippen LogP contribution is 2.46. The van der Waals surface area contributed by atoms with Gasteiger partial charge in [-0.2, -0.15) is 26.3 Å². The van der Waals surface area contributed by atoms with Crippen LogP contribution in [-0.2, 0) is 24.4 Å². The molecule has 0 aromatic carbocycles. The Morgan fingerprint density at radius 3 is 1.68 bits per heavy atom. The fraction of sp³-hybridized carbons (Fsp3) is 0.750. The van der Waals surface area contributed by atoms with Crippen LogP contribution < -0.4 is 0 Å². The summed E-state index contributed by atoms with van der Waals surface area (Å²) in [5, 5.41) is 8.17. The molecule has 0 aliphatic rings. The summed E-state index contributed by atoms with van der Waals surface area (Å²) in [6.45, 7) is 0. The maximum absolute atomic E-state index is 12.6. The number of carboxylic acids is 1. The van der Waals surface area contributed by atoms with Crippen LogP contribution in [0.4, 0.5) is 26.3 Å². The topological polar surface area (TPSA) is 121 Å². The lowest BCUT2D eigenvalue weighted by Gasteiger charge is -2.36. The summed E-state index contributed by atoms with van der Waals surface area (Å²) in [6, 6.07) is 0. The molecule has 7 nitrogen and oxygen atoms in total. The zero-order chi connectivity index (χ0) is 18.0. The maximum atomic E-state index is 12.6. The molecule has 22 heavy (non-hydrogen) atoms. The molecule has 0 spiro atoms. The van der Waals surface area contributed by atoms with Gasteiger partial charge in [0.25, 0.3) is 0 Å². The maximum Gasteiger partial charge on any atom is 0.438 e. The third-order valence-corrected chi connectivity index (χ3v) is 2.89. The van der Waals surface area contributed by atoms with Crippen molar-refractivity contribution in [3.8, 4) is 0 Å². The first-order chi connectivity index (χ1) is 9.52. The molecule has 0 unspecified atom stereocenters. The van der Waals surface area contributed by atoms with Gasteiger partial charge in [0.05, 0.1) is 28.7 Å². The van der Waals surface area contributed by atoms with Gasteiger partial charge in [0.1, 0.15) is 0 Å². The minimum atomic E-state index is -6.47. The van der Waals surface area contributed by atoms with Gasteiger partial charge in [-0.3, -0.25) is 9.59 Å². The molecule has 14 heteroatoms. The summed E-state index contributed by atoms with van der Waals surface area (Å²) in [4.78, 5) is 21.1. The van der Waals surface area contributed by atoms with E-state index < -0.39 is 58.6 Å². The average Bonchev–Trinajstić information content (AvgIpc) is 2.20. The normalized spacial score (nSPS) is 13.8. The highest BCUT2D eigenvalue weighted by atomic mass is 32.2. The van der Waals surface area contributed by atoms with Crippen molar-refractivity contribution >= 4 is 22.1 Å². The van der Waals surface area contributed by atoms with E-state index in [0.29, 0.717) is 0 Å². The first-order valence-electron chi connectivity index (χ1n) is 5.02. The van der Waals surface area contributed by atoms with Gasteiger partial charge >= 0.3 is 29.9 Å². The Hall–Kier alpha value is -1.57. The van der Waals surface area contributed by atoms with Gasteiger partial charge in [-0.05, 0) is 0 Å². The second-order valence-corrected chi connectivity index (χ2v) is 5.30. The molecule has 0 atom stereocenters. The standard InChI is InChI=1S/C8H8F6O7S/c9-7(10,11)6(8(12,13)14,3-22(18,19)20)21-5(17)2-1-4(15)16/h1-3H2,(H,15,16)(H,18,19,20)/p-1. The van der Waals surface area contributed by atoms with Gasteiger partial charge in [-0.25, -0.2) is 8.42 Å². The average molecular weight is 361 g/mol. The van der Waals surface area contributed by atoms with Crippen molar-refractivity contribution in [2.75, 3.05) is 5.75 Å². The van der Waals surface area contributed by atoms with Crippen LogP contribution in [0.15, 0.2) is 0 Å². The first-order valence-corrected chi connectivity index (χ1v) is 6.60. The minimum absolute atomic E-state index is 1.16. The molecule has 0 radical (unpaired) electrons. The van der Waals surface area contributed by atoms with E-state index in [1.165, 1.54) is 0 Å². The summed E-state index contributed by atoms with van der Waals surface area (Å²) in [5.41, 5.74) is -5.57. The van der Waals surface area contributed by atoms with Crippen LogP contribution >= 0.6 is 0 Å². The van der Waals surface area contributed by atoms with E-state index in [4.69, 9.17) is 5.11 Å². The lowest BCUT2D eigenvalue weighted by molar-refractivity contribution is -0.361. The van der Waals surface area contributed by atoms with Crippen molar-refractivity contribution in [3.63, 3.8) is 0 Å². The molecule has 130 valence electrons. The smallest absolute Gasteiger partial charge is 0.438 e. The van der Waals surface area contributed by atoms with Crippen LogP contribution in [0.25, 0.3) is 0 Å². The van der Waals surface area contributed by atoms with Crippen LogP contribution in [0.5, 0.6) is 0 Å². The lowest BCUT2D eigenvalue weighted by atomic mass is 10.1. The summed E-state index contributed by atoms with van der Waals surface area (Å²) in [6.07, 6.45) is -15.5. The molecular formula is C8H7F6O7S-. The molecule has 0 rings (SSSR count). The highest BCUT2D eigenvalue weighted by molar-refractivity contribution is 7.85. The third kappa shape index (κ3) is 5.32. The van der Waals surface area contributed by atoms with Crippen molar-refractivity contribution in [1.82, 2.24) is 0 Å². The molecular weight excluding hydrogens is 354 g/mol. The van der Waals surface area contributed by atoms with Gasteiger partial charge in [-0.15, -0.1) is 0 Å². The fourth-order valence-corrected chi connectivity index (χ4v) is 2.06.